The van der Waals surface area contributed by atoms with Gasteiger partial charge in [0.15, 0.2) is 11.5 Å². The van der Waals surface area contributed by atoms with E-state index in [1.54, 1.807) is 0 Å². The van der Waals surface area contributed by atoms with E-state index in [-0.39, 0.29) is 56.8 Å². The molecule has 0 heterocycles. The maximum atomic E-state index is 11.3. The number of nitrogen functional groups attached to an aromatic ring is 1. The van der Waals surface area contributed by atoms with Gasteiger partial charge in [-0.2, -0.15) is 0 Å². The summed E-state index contributed by atoms with van der Waals surface area (Å²) in [5.41, 5.74) is 5.86. The molecule has 2 aromatic carbocycles. The van der Waals surface area contributed by atoms with E-state index in [4.69, 9.17) is 45.3 Å². The van der Waals surface area contributed by atoms with Crippen molar-refractivity contribution in [1.29, 1.82) is 0 Å². The van der Waals surface area contributed by atoms with E-state index in [0.717, 1.165) is 6.07 Å². The first-order chi connectivity index (χ1) is 9.68. The monoisotopic (exact) mass is 389 g/mol. The number of anilines is 1. The van der Waals surface area contributed by atoms with Crippen molar-refractivity contribution in [3.8, 4) is 11.5 Å². The molecule has 0 aliphatic heterocycles. The quantitative estimate of drug-likeness (QED) is 0.478. The van der Waals surface area contributed by atoms with Gasteiger partial charge in [-0.3, -0.25) is 0 Å². The van der Waals surface area contributed by atoms with Crippen molar-refractivity contribution in [2.45, 2.75) is 4.90 Å². The van der Waals surface area contributed by atoms with Crippen LogP contribution >= 0.6 is 34.8 Å². The zero-order valence-electron chi connectivity index (χ0n) is 11.1. The predicted molar refractivity (Wildman–Crippen MR) is 80.4 cm³/mol. The van der Waals surface area contributed by atoms with Crippen molar-refractivity contribution in [2.75, 3.05) is 5.73 Å². The van der Waals surface area contributed by atoms with E-state index < -0.39 is 15.0 Å². The fourth-order valence-electron chi connectivity index (χ4n) is 1.54. The minimum absolute atomic E-state index is 0. The number of rotatable bonds is 3. The molecule has 2 N–H and O–H groups in total. The van der Waals surface area contributed by atoms with Gasteiger partial charge in [0.05, 0.1) is 15.6 Å². The van der Waals surface area contributed by atoms with Crippen LogP contribution in [0.3, 0.4) is 0 Å². The van der Waals surface area contributed by atoms with Gasteiger partial charge >= 0.3 is 29.6 Å². The standard InChI is InChI=1S/C12H8Cl3NO4S.Na/c13-6-1-2-10(9(16)4-6)20-12-8(15)3-7(14)5-11(12)21(17,18)19;/h1-5H,16H2,(H,17,18,19);/q;+1/p-1. The summed E-state index contributed by atoms with van der Waals surface area (Å²) in [7, 11) is -4.83. The second-order valence-corrected chi connectivity index (χ2v) is 6.58. The average molecular weight is 391 g/mol. The Morgan fingerprint density at radius 2 is 1.68 bits per heavy atom. The molecule has 2 rings (SSSR count). The van der Waals surface area contributed by atoms with Crippen LogP contribution in [0.4, 0.5) is 5.69 Å². The van der Waals surface area contributed by atoms with Crippen molar-refractivity contribution in [3.63, 3.8) is 0 Å². The Morgan fingerprint density at radius 1 is 1.05 bits per heavy atom. The molecule has 0 bridgehead atoms. The summed E-state index contributed by atoms with van der Waals surface area (Å²) in [4.78, 5) is -0.672. The molecule has 0 radical (unpaired) electrons. The first-order valence-corrected chi connectivity index (χ1v) is 7.90. The molecule has 10 heteroatoms. The number of hydrogen-bond donors (Lipinski definition) is 1. The number of ether oxygens (including phenoxy) is 1. The molecule has 22 heavy (non-hydrogen) atoms. The van der Waals surface area contributed by atoms with E-state index >= 15 is 0 Å². The normalized spacial score (nSPS) is 10.9. The van der Waals surface area contributed by atoms with Crippen LogP contribution in [0.5, 0.6) is 11.5 Å². The Labute approximate surface area is 164 Å². The largest absolute Gasteiger partial charge is 1.00 e. The minimum atomic E-state index is -4.83. The van der Waals surface area contributed by atoms with E-state index in [0.29, 0.717) is 5.02 Å². The maximum Gasteiger partial charge on any atom is 1.00 e. The van der Waals surface area contributed by atoms with E-state index in [1.165, 1.54) is 24.3 Å². The van der Waals surface area contributed by atoms with E-state index in [2.05, 4.69) is 0 Å². The number of halogens is 3. The predicted octanol–water partition coefficient (Wildman–Crippen LogP) is 0.929. The Bertz CT molecular complexity index is 814. The fourth-order valence-corrected chi connectivity index (χ4v) is 3.03. The van der Waals surface area contributed by atoms with Crippen LogP contribution in [0.15, 0.2) is 35.2 Å². The Hall–Kier alpha value is -0.180. The summed E-state index contributed by atoms with van der Waals surface area (Å²) in [6.07, 6.45) is 0. The SMILES string of the molecule is Nc1cc(Cl)ccc1Oc1c(Cl)cc(Cl)cc1S(=O)(=O)[O-].[Na+]. The van der Waals surface area contributed by atoms with Crippen molar-refractivity contribution in [1.82, 2.24) is 0 Å². The number of benzene rings is 2. The molecule has 0 aromatic heterocycles. The summed E-state index contributed by atoms with van der Waals surface area (Å²) in [5, 5.41) is 0.232. The summed E-state index contributed by atoms with van der Waals surface area (Å²) < 4.78 is 39.2. The Balaban J connectivity index is 0.00000242. The smallest absolute Gasteiger partial charge is 0.744 e. The molecule has 0 fully saturated rings. The zero-order valence-corrected chi connectivity index (χ0v) is 16.2. The van der Waals surface area contributed by atoms with E-state index in [9.17, 15) is 13.0 Å². The second kappa shape index (κ2) is 7.59. The summed E-state index contributed by atoms with van der Waals surface area (Å²) >= 11 is 17.3. The van der Waals surface area contributed by atoms with Crippen LogP contribution in [-0.4, -0.2) is 13.0 Å². The van der Waals surface area contributed by atoms with Crippen molar-refractivity contribution in [2.24, 2.45) is 0 Å². The van der Waals surface area contributed by atoms with Gasteiger partial charge < -0.3 is 15.0 Å². The number of nitrogens with two attached hydrogens (primary N) is 1. The summed E-state index contributed by atoms with van der Waals surface area (Å²) in [6.45, 7) is 0. The first-order valence-electron chi connectivity index (χ1n) is 5.36. The molecule has 5 nitrogen and oxygen atoms in total. The summed E-state index contributed by atoms with van der Waals surface area (Å²) in [6, 6.07) is 6.52. The molecule has 0 saturated heterocycles. The second-order valence-electron chi connectivity index (χ2n) is 3.95. The molecule has 0 unspecified atom stereocenters. The van der Waals surface area contributed by atoms with Crippen LogP contribution in [0.2, 0.25) is 15.1 Å². The first kappa shape index (κ1) is 19.9. The van der Waals surface area contributed by atoms with Gasteiger partial charge in [0.1, 0.15) is 10.1 Å². The molecular weight excluding hydrogens is 384 g/mol. The maximum absolute atomic E-state index is 11.3. The van der Waals surface area contributed by atoms with Crippen LogP contribution in [-0.2, 0) is 10.1 Å². The fraction of sp³-hybridized carbons (Fsp3) is 0. The topological polar surface area (TPSA) is 92.5 Å². The Morgan fingerprint density at radius 3 is 2.23 bits per heavy atom. The molecule has 0 atom stereocenters. The van der Waals surface area contributed by atoms with Crippen LogP contribution in [0.25, 0.3) is 0 Å². The van der Waals surface area contributed by atoms with Crippen molar-refractivity contribution in [3.05, 3.63) is 45.4 Å². The molecule has 0 aliphatic carbocycles. The van der Waals surface area contributed by atoms with Gasteiger partial charge in [0.2, 0.25) is 0 Å². The van der Waals surface area contributed by atoms with E-state index in [1.807, 2.05) is 0 Å². The zero-order chi connectivity index (χ0) is 15.8. The van der Waals surface area contributed by atoms with Gasteiger partial charge in [0.25, 0.3) is 0 Å². The average Bonchev–Trinajstić information content (AvgIpc) is 2.33. The third kappa shape index (κ3) is 4.66. The molecule has 2 aromatic rings. The molecule has 0 spiro atoms. The van der Waals surface area contributed by atoms with Crippen molar-refractivity contribution >= 4 is 50.6 Å². The number of hydrogen-bond acceptors (Lipinski definition) is 5. The van der Waals surface area contributed by atoms with Gasteiger partial charge in [-0.05, 0) is 30.3 Å². The van der Waals surface area contributed by atoms with Gasteiger partial charge in [-0.1, -0.05) is 34.8 Å². The Kier molecular flexibility index (Phi) is 6.86. The molecular formula is C12H7Cl3NNaO4S. The summed E-state index contributed by atoms with van der Waals surface area (Å²) in [5.74, 6) is -0.237. The molecule has 0 saturated carbocycles. The van der Waals surface area contributed by atoms with Crippen LogP contribution in [0.1, 0.15) is 0 Å². The van der Waals surface area contributed by atoms with Gasteiger partial charge in [-0.25, -0.2) is 8.42 Å². The van der Waals surface area contributed by atoms with Gasteiger partial charge in [-0.15, -0.1) is 0 Å². The third-order valence-corrected chi connectivity index (χ3v) is 4.00. The van der Waals surface area contributed by atoms with Crippen LogP contribution in [0, 0.1) is 0 Å². The molecule has 0 amide bonds. The molecule has 0 aliphatic rings. The minimum Gasteiger partial charge on any atom is -0.744 e. The molecule has 112 valence electrons. The van der Waals surface area contributed by atoms with Crippen molar-refractivity contribution < 1.29 is 47.3 Å². The van der Waals surface area contributed by atoms with Crippen LogP contribution < -0.4 is 40.0 Å². The third-order valence-electron chi connectivity index (χ3n) is 2.43. The van der Waals surface area contributed by atoms with Gasteiger partial charge in [0, 0.05) is 10.0 Å².